The highest BCUT2D eigenvalue weighted by Gasteiger charge is 2.27. The van der Waals surface area contributed by atoms with Crippen LogP contribution in [0.2, 0.25) is 0 Å². The van der Waals surface area contributed by atoms with Crippen LogP contribution in [0.5, 0.6) is 0 Å². The highest BCUT2D eigenvalue weighted by Crippen LogP contribution is 2.18. The quantitative estimate of drug-likeness (QED) is 0.715. The molecule has 0 aromatic heterocycles. The molecule has 2 aliphatic heterocycles. The van der Waals surface area contributed by atoms with E-state index in [0.29, 0.717) is 0 Å². The van der Waals surface area contributed by atoms with Crippen LogP contribution >= 0.6 is 0 Å². The standard InChI is InChI=1S/C13H28N4/c1-4-15-9-11-16(12-10-15)13-5-7-17(8-6-13)14(2)3/h13H,4-12H2,1-3H3. The smallest absolute Gasteiger partial charge is 0.0148 e. The second-order valence-corrected chi connectivity index (χ2v) is 5.50. The van der Waals surface area contributed by atoms with Crippen molar-refractivity contribution in [1.82, 2.24) is 19.8 Å². The molecule has 0 saturated carbocycles. The lowest BCUT2D eigenvalue weighted by Gasteiger charge is -2.43. The lowest BCUT2D eigenvalue weighted by Crippen LogP contribution is -2.54. The summed E-state index contributed by atoms with van der Waals surface area (Å²) in [6.45, 7) is 11.0. The fraction of sp³-hybridized carbons (Fsp3) is 1.00. The normalized spacial score (nSPS) is 26.8. The first-order chi connectivity index (χ1) is 8.20. The van der Waals surface area contributed by atoms with E-state index in [0.717, 1.165) is 6.04 Å². The van der Waals surface area contributed by atoms with Gasteiger partial charge in [0.2, 0.25) is 0 Å². The fourth-order valence-corrected chi connectivity index (χ4v) is 3.06. The Hall–Kier alpha value is -0.160. The molecule has 0 radical (unpaired) electrons. The van der Waals surface area contributed by atoms with Crippen molar-refractivity contribution in [3.8, 4) is 0 Å². The SMILES string of the molecule is CCN1CCN(C2CCN(N(C)C)CC2)CC1. The summed E-state index contributed by atoms with van der Waals surface area (Å²) in [5, 5.41) is 4.70. The number of hydrazine groups is 1. The Kier molecular flexibility index (Phi) is 4.79. The summed E-state index contributed by atoms with van der Waals surface area (Å²) in [6, 6.07) is 0.838. The van der Waals surface area contributed by atoms with Gasteiger partial charge < -0.3 is 4.90 Å². The Morgan fingerprint density at radius 1 is 0.941 bits per heavy atom. The van der Waals surface area contributed by atoms with Gasteiger partial charge in [0.1, 0.15) is 0 Å². The minimum Gasteiger partial charge on any atom is -0.301 e. The molecule has 0 bridgehead atoms. The molecular weight excluding hydrogens is 212 g/mol. The highest BCUT2D eigenvalue weighted by atomic mass is 15.6. The average Bonchev–Trinajstić information content (AvgIpc) is 2.39. The van der Waals surface area contributed by atoms with Crippen LogP contribution in [0.3, 0.4) is 0 Å². The molecule has 0 spiro atoms. The minimum absolute atomic E-state index is 0.838. The second kappa shape index (κ2) is 6.14. The van der Waals surface area contributed by atoms with Gasteiger partial charge in [0.15, 0.2) is 0 Å². The molecule has 0 aliphatic carbocycles. The second-order valence-electron chi connectivity index (χ2n) is 5.50. The summed E-state index contributed by atoms with van der Waals surface area (Å²) in [5.74, 6) is 0. The molecule has 0 atom stereocenters. The third-order valence-corrected chi connectivity index (χ3v) is 4.38. The molecule has 0 amide bonds. The number of hydrogen-bond acceptors (Lipinski definition) is 4. The van der Waals surface area contributed by atoms with E-state index < -0.39 is 0 Å². The maximum atomic E-state index is 2.72. The summed E-state index contributed by atoms with van der Waals surface area (Å²) >= 11 is 0. The summed E-state index contributed by atoms with van der Waals surface area (Å²) < 4.78 is 0. The van der Waals surface area contributed by atoms with Crippen molar-refractivity contribution in [3.63, 3.8) is 0 Å². The summed E-state index contributed by atoms with van der Waals surface area (Å²) in [7, 11) is 4.31. The number of hydrogen-bond donors (Lipinski definition) is 0. The molecule has 2 aliphatic rings. The van der Waals surface area contributed by atoms with Gasteiger partial charge in [0.25, 0.3) is 0 Å². The van der Waals surface area contributed by atoms with Gasteiger partial charge in [-0.2, -0.15) is 0 Å². The predicted octanol–water partition coefficient (Wildman–Crippen LogP) is 0.565. The van der Waals surface area contributed by atoms with Crippen molar-refractivity contribution in [2.45, 2.75) is 25.8 Å². The van der Waals surface area contributed by atoms with Gasteiger partial charge >= 0.3 is 0 Å². The molecule has 17 heavy (non-hydrogen) atoms. The Bertz CT molecular complexity index is 215. The minimum atomic E-state index is 0.838. The van der Waals surface area contributed by atoms with E-state index in [1.807, 2.05) is 0 Å². The third-order valence-electron chi connectivity index (χ3n) is 4.38. The molecule has 4 heteroatoms. The van der Waals surface area contributed by atoms with Gasteiger partial charge in [-0.15, -0.1) is 0 Å². The van der Waals surface area contributed by atoms with Gasteiger partial charge in [-0.3, -0.25) is 4.90 Å². The van der Waals surface area contributed by atoms with E-state index in [1.54, 1.807) is 0 Å². The van der Waals surface area contributed by atoms with Crippen molar-refractivity contribution in [3.05, 3.63) is 0 Å². The van der Waals surface area contributed by atoms with Gasteiger partial charge in [-0.25, -0.2) is 10.0 Å². The Balaban J connectivity index is 1.74. The maximum Gasteiger partial charge on any atom is 0.0148 e. The number of nitrogens with zero attached hydrogens (tertiary/aromatic N) is 4. The van der Waals surface area contributed by atoms with Crippen LogP contribution in [0.1, 0.15) is 19.8 Å². The first-order valence-electron chi connectivity index (χ1n) is 7.09. The van der Waals surface area contributed by atoms with Crippen molar-refractivity contribution in [2.24, 2.45) is 0 Å². The maximum absolute atomic E-state index is 2.72. The van der Waals surface area contributed by atoms with E-state index in [2.05, 4.69) is 40.8 Å². The van der Waals surface area contributed by atoms with Crippen LogP contribution in [0.25, 0.3) is 0 Å². The van der Waals surface area contributed by atoms with Crippen LogP contribution in [-0.4, -0.2) is 85.8 Å². The average molecular weight is 240 g/mol. The number of likely N-dealkylation sites (N-methyl/N-ethyl adjacent to an activating group) is 1. The Morgan fingerprint density at radius 2 is 1.53 bits per heavy atom. The first kappa shape index (κ1) is 13.3. The van der Waals surface area contributed by atoms with Gasteiger partial charge in [-0.1, -0.05) is 6.92 Å². The van der Waals surface area contributed by atoms with Gasteiger partial charge in [0.05, 0.1) is 0 Å². The van der Waals surface area contributed by atoms with E-state index in [1.165, 1.54) is 58.7 Å². The van der Waals surface area contributed by atoms with E-state index in [4.69, 9.17) is 0 Å². The predicted molar refractivity (Wildman–Crippen MR) is 72.0 cm³/mol. The summed E-state index contributed by atoms with van der Waals surface area (Å²) in [5.41, 5.74) is 0. The van der Waals surface area contributed by atoms with Crippen LogP contribution in [0, 0.1) is 0 Å². The number of piperazine rings is 1. The lowest BCUT2D eigenvalue weighted by molar-refractivity contribution is -0.0249. The van der Waals surface area contributed by atoms with E-state index in [-0.39, 0.29) is 0 Å². The van der Waals surface area contributed by atoms with Crippen LogP contribution < -0.4 is 0 Å². The molecular formula is C13H28N4. The van der Waals surface area contributed by atoms with Crippen molar-refractivity contribution >= 4 is 0 Å². The van der Waals surface area contributed by atoms with E-state index in [9.17, 15) is 0 Å². The molecule has 0 aromatic rings. The van der Waals surface area contributed by atoms with Crippen LogP contribution in [0.4, 0.5) is 0 Å². The van der Waals surface area contributed by atoms with Gasteiger partial charge in [-0.05, 0) is 19.4 Å². The zero-order valence-electron chi connectivity index (χ0n) is 11.7. The number of piperidine rings is 1. The van der Waals surface area contributed by atoms with Crippen molar-refractivity contribution in [2.75, 3.05) is 59.9 Å². The van der Waals surface area contributed by atoms with Crippen LogP contribution in [-0.2, 0) is 0 Å². The third kappa shape index (κ3) is 3.41. The molecule has 2 fully saturated rings. The monoisotopic (exact) mass is 240 g/mol. The zero-order chi connectivity index (χ0) is 12.3. The zero-order valence-corrected chi connectivity index (χ0v) is 11.7. The Labute approximate surface area is 106 Å². The highest BCUT2D eigenvalue weighted by molar-refractivity contribution is 4.82. The molecule has 2 rings (SSSR count). The van der Waals surface area contributed by atoms with Crippen LogP contribution in [0.15, 0.2) is 0 Å². The topological polar surface area (TPSA) is 13.0 Å². The molecule has 0 N–H and O–H groups in total. The molecule has 0 aromatic carbocycles. The Morgan fingerprint density at radius 3 is 2.00 bits per heavy atom. The van der Waals surface area contributed by atoms with E-state index >= 15 is 0 Å². The molecule has 100 valence electrons. The lowest BCUT2D eigenvalue weighted by atomic mass is 10.0. The molecule has 2 saturated heterocycles. The van der Waals surface area contributed by atoms with Crippen molar-refractivity contribution in [1.29, 1.82) is 0 Å². The molecule has 4 nitrogen and oxygen atoms in total. The van der Waals surface area contributed by atoms with Crippen molar-refractivity contribution < 1.29 is 0 Å². The fourth-order valence-electron chi connectivity index (χ4n) is 3.06. The number of rotatable bonds is 3. The molecule has 2 heterocycles. The molecule has 0 unspecified atom stereocenters. The largest absolute Gasteiger partial charge is 0.301 e. The summed E-state index contributed by atoms with van der Waals surface area (Å²) in [6.07, 6.45) is 2.68. The van der Waals surface area contributed by atoms with Gasteiger partial charge in [0, 0.05) is 59.4 Å². The summed E-state index contributed by atoms with van der Waals surface area (Å²) in [4.78, 5) is 5.28. The first-order valence-corrected chi connectivity index (χ1v) is 7.09.